The van der Waals surface area contributed by atoms with E-state index in [1.165, 1.54) is 22.3 Å². The van der Waals surface area contributed by atoms with Crippen molar-refractivity contribution < 1.29 is 26.2 Å². The van der Waals surface area contributed by atoms with Crippen LogP contribution in [0, 0.1) is 6.07 Å². The van der Waals surface area contributed by atoms with Crippen LogP contribution in [0.1, 0.15) is 77.6 Å². The minimum Gasteiger partial charge on any atom is -0.507 e. The first-order chi connectivity index (χ1) is 30.2. The number of pyridine rings is 1. The van der Waals surface area contributed by atoms with Crippen LogP contribution in [0.2, 0.25) is 0 Å². The molecule has 0 amide bonds. The number of benzene rings is 7. The van der Waals surface area contributed by atoms with Gasteiger partial charge in [0.25, 0.3) is 0 Å². The van der Waals surface area contributed by atoms with Crippen molar-refractivity contribution in [1.29, 1.82) is 0 Å². The first-order valence-corrected chi connectivity index (χ1v) is 22.0. The van der Waals surface area contributed by atoms with E-state index >= 15 is 0 Å². The van der Waals surface area contributed by atoms with Gasteiger partial charge < -0.3 is 5.11 Å². The Hall–Kier alpha value is -6.35. The van der Waals surface area contributed by atoms with Crippen molar-refractivity contribution in [2.24, 2.45) is 0 Å². The fourth-order valence-electron chi connectivity index (χ4n) is 9.64. The summed E-state index contributed by atoms with van der Waals surface area (Å²) in [6.45, 7) is 17.8. The summed E-state index contributed by atoms with van der Waals surface area (Å²) in [5, 5.41) is 12.5. The maximum absolute atomic E-state index is 12.5. The number of nitrogens with zero attached hydrogens (tertiary/aromatic N) is 3. The predicted molar refractivity (Wildman–Crippen MR) is 262 cm³/mol. The van der Waals surface area contributed by atoms with Crippen LogP contribution < -0.4 is 0 Å². The molecule has 0 radical (unpaired) electrons. The average Bonchev–Trinajstić information content (AvgIpc) is 3.78. The molecule has 0 atom stereocenters. The van der Waals surface area contributed by atoms with E-state index in [0.29, 0.717) is 11.4 Å². The van der Waals surface area contributed by atoms with E-state index in [1.54, 1.807) is 0 Å². The minimum atomic E-state index is -0.325. The van der Waals surface area contributed by atoms with Crippen molar-refractivity contribution in [2.45, 2.75) is 71.6 Å². The molecule has 0 aliphatic heterocycles. The summed E-state index contributed by atoms with van der Waals surface area (Å²) in [5.74, 6) is 0.926. The van der Waals surface area contributed by atoms with Crippen LogP contribution in [-0.2, 0) is 37.3 Å². The Bertz CT molecular complexity index is 3220. The molecule has 1 aliphatic carbocycles. The Morgan fingerprint density at radius 2 is 1.19 bits per heavy atom. The van der Waals surface area contributed by atoms with Gasteiger partial charge in [-0.2, -0.15) is 0 Å². The summed E-state index contributed by atoms with van der Waals surface area (Å²) >= 11 is 0. The molecule has 9 aromatic rings. The fourth-order valence-corrected chi connectivity index (χ4v) is 9.64. The third-order valence-electron chi connectivity index (χ3n) is 12.9. The van der Waals surface area contributed by atoms with Crippen molar-refractivity contribution in [1.82, 2.24) is 14.5 Å². The van der Waals surface area contributed by atoms with Gasteiger partial charge in [-0.1, -0.05) is 193 Å². The standard InChI is InChI=1S/C59H52N3O.Pt/c1-57(2,3)42-35-47(55(63)49(36-42)58(4,5)6)56-61-54-44(26-19-29-51(54)62(56)50-28-18-16-24-43(50)38-22-13-10-14-23-38)40-32-39(37-20-11-9-12-21-37)33-41(34-40)53-52-46(30-31-60-53)45-25-15-17-27-48(45)59(52,7)8;/h9-33,35-36,63H,1-8H3;/q-1;. The molecule has 2 heterocycles. The molecule has 4 nitrogen and oxygen atoms in total. The zero-order valence-electron chi connectivity index (χ0n) is 37.7. The molecule has 0 spiro atoms. The molecule has 0 saturated heterocycles. The molecule has 0 fully saturated rings. The van der Waals surface area contributed by atoms with E-state index in [-0.39, 0.29) is 43.1 Å². The quantitative estimate of drug-likeness (QED) is 0.169. The summed E-state index contributed by atoms with van der Waals surface area (Å²) in [6, 6.07) is 59.6. The number of hydrogen-bond donors (Lipinski definition) is 1. The second-order valence-electron chi connectivity index (χ2n) is 19.6. The molecule has 320 valence electrons. The van der Waals surface area contributed by atoms with Crippen LogP contribution in [0.3, 0.4) is 0 Å². The number of rotatable bonds is 6. The van der Waals surface area contributed by atoms with Crippen LogP contribution in [0.25, 0.3) is 83.9 Å². The largest absolute Gasteiger partial charge is 0.507 e. The van der Waals surface area contributed by atoms with E-state index in [2.05, 4.69) is 218 Å². The van der Waals surface area contributed by atoms with Gasteiger partial charge in [0.2, 0.25) is 0 Å². The first-order valence-electron chi connectivity index (χ1n) is 22.0. The van der Waals surface area contributed by atoms with Crippen LogP contribution in [-0.4, -0.2) is 19.6 Å². The Morgan fingerprint density at radius 1 is 0.562 bits per heavy atom. The Kier molecular flexibility index (Phi) is 10.7. The van der Waals surface area contributed by atoms with Gasteiger partial charge in [0, 0.05) is 49.5 Å². The molecule has 1 N–H and O–H groups in total. The van der Waals surface area contributed by atoms with Crippen molar-refractivity contribution in [3.05, 3.63) is 192 Å². The minimum absolute atomic E-state index is 0. The summed E-state index contributed by atoms with van der Waals surface area (Å²) in [7, 11) is 0. The molecule has 10 rings (SSSR count). The van der Waals surface area contributed by atoms with E-state index < -0.39 is 0 Å². The fraction of sp³-hybridized carbons (Fsp3) is 0.186. The van der Waals surface area contributed by atoms with E-state index in [4.69, 9.17) is 9.97 Å². The third-order valence-corrected chi connectivity index (χ3v) is 12.9. The zero-order chi connectivity index (χ0) is 43.8. The summed E-state index contributed by atoms with van der Waals surface area (Å²) in [4.78, 5) is 10.8. The van der Waals surface area contributed by atoms with Gasteiger partial charge in [-0.05, 0) is 74.0 Å². The van der Waals surface area contributed by atoms with Gasteiger partial charge in [-0.25, -0.2) is 4.98 Å². The van der Waals surface area contributed by atoms with Crippen LogP contribution in [0.4, 0.5) is 0 Å². The summed E-state index contributed by atoms with van der Waals surface area (Å²) in [6.07, 6.45) is 1.94. The van der Waals surface area contributed by atoms with Crippen LogP contribution >= 0.6 is 0 Å². The molecule has 64 heavy (non-hydrogen) atoms. The number of para-hydroxylation sites is 2. The van der Waals surface area contributed by atoms with Gasteiger partial charge in [0.1, 0.15) is 11.6 Å². The molecule has 0 bridgehead atoms. The smallest absolute Gasteiger partial charge is 0.148 e. The number of aromatic nitrogens is 3. The number of hydrogen-bond acceptors (Lipinski definition) is 3. The Morgan fingerprint density at radius 3 is 1.89 bits per heavy atom. The maximum atomic E-state index is 12.5. The van der Waals surface area contributed by atoms with Gasteiger partial charge in [-0.15, -0.1) is 23.8 Å². The number of imidazole rings is 1. The van der Waals surface area contributed by atoms with Crippen LogP contribution in [0.5, 0.6) is 5.75 Å². The topological polar surface area (TPSA) is 50.9 Å². The van der Waals surface area contributed by atoms with Crippen LogP contribution in [0.15, 0.2) is 164 Å². The summed E-state index contributed by atoms with van der Waals surface area (Å²) in [5.41, 5.74) is 17.8. The van der Waals surface area contributed by atoms with E-state index in [0.717, 1.165) is 72.5 Å². The van der Waals surface area contributed by atoms with E-state index in [1.807, 2.05) is 12.3 Å². The first kappa shape index (κ1) is 42.9. The second kappa shape index (κ2) is 16.0. The molecule has 5 heteroatoms. The monoisotopic (exact) mass is 1010 g/mol. The van der Waals surface area contributed by atoms with Gasteiger partial charge in [0.05, 0.1) is 22.3 Å². The van der Waals surface area contributed by atoms with Crippen molar-refractivity contribution in [2.75, 3.05) is 0 Å². The van der Waals surface area contributed by atoms with E-state index in [9.17, 15) is 5.11 Å². The molecular formula is C59H52N3OPt-. The molecule has 0 saturated carbocycles. The number of aromatic hydroxyl groups is 1. The Labute approximate surface area is 392 Å². The number of phenols is 1. The Balaban J connectivity index is 0.00000518. The summed E-state index contributed by atoms with van der Waals surface area (Å²) < 4.78 is 2.25. The van der Waals surface area contributed by atoms with Gasteiger partial charge >= 0.3 is 0 Å². The predicted octanol–water partition coefficient (Wildman–Crippen LogP) is 15.2. The molecule has 0 unspecified atom stereocenters. The SMILES string of the molecule is CC(C)(C)c1cc(-c2nc3c(-c4[c-]c(-c5nccc6c5C(C)(C)c5ccccc5-6)cc(-c5ccccc5)c4)cccc3n2-c2ccccc2-c2ccccc2)c(O)c(C(C)(C)C)c1.[Pt]. The molecule has 1 aliphatic rings. The normalized spacial score (nSPS) is 13.1. The maximum Gasteiger partial charge on any atom is 0.148 e. The van der Waals surface area contributed by atoms with Gasteiger partial charge in [0.15, 0.2) is 0 Å². The van der Waals surface area contributed by atoms with Gasteiger partial charge in [-0.3, -0.25) is 9.55 Å². The average molecular weight is 1010 g/mol. The van der Waals surface area contributed by atoms with Crippen molar-refractivity contribution in [3.8, 4) is 78.6 Å². The van der Waals surface area contributed by atoms with Crippen molar-refractivity contribution >= 4 is 11.0 Å². The molecule has 2 aromatic heterocycles. The number of phenolic OH excluding ortho intramolecular Hbond substituents is 1. The third kappa shape index (κ3) is 7.23. The zero-order valence-corrected chi connectivity index (χ0v) is 40.0. The molecule has 7 aromatic carbocycles. The molecular weight excluding hydrogens is 962 g/mol. The van der Waals surface area contributed by atoms with Crippen molar-refractivity contribution in [3.63, 3.8) is 0 Å². The second-order valence-corrected chi connectivity index (χ2v) is 19.6. The number of fused-ring (bicyclic) bond motifs is 4.